The van der Waals surface area contributed by atoms with Crippen LogP contribution >= 0.6 is 0 Å². The molecule has 0 atom stereocenters. The second kappa shape index (κ2) is 5.03. The van der Waals surface area contributed by atoms with Crippen molar-refractivity contribution in [2.45, 2.75) is 60.9 Å². The monoisotopic (exact) mass is 247 g/mol. The molecule has 0 aliphatic carbocycles. The van der Waals surface area contributed by atoms with Gasteiger partial charge in [0.25, 0.3) is 0 Å². The molecule has 0 saturated heterocycles. The van der Waals surface area contributed by atoms with Crippen LogP contribution < -0.4 is 0 Å². The number of hydrogen-bond acceptors (Lipinski definition) is 1. The lowest BCUT2D eigenvalue weighted by molar-refractivity contribution is 0.585. The summed E-state index contributed by atoms with van der Waals surface area (Å²) in [5.41, 5.74) is 2.87. The molecule has 0 amide bonds. The van der Waals surface area contributed by atoms with E-state index in [2.05, 4.69) is 73.8 Å². The molecular weight excluding hydrogens is 218 g/mol. The maximum Gasteiger partial charge on any atom is 0.0733 e. The third-order valence-electron chi connectivity index (χ3n) is 3.34. The van der Waals surface area contributed by atoms with Gasteiger partial charge in [0.2, 0.25) is 0 Å². The Morgan fingerprint density at radius 3 is 1.72 bits per heavy atom. The van der Waals surface area contributed by atoms with E-state index in [0.29, 0.717) is 11.8 Å². The van der Waals surface area contributed by atoms with Gasteiger partial charge in [-0.1, -0.05) is 53.7 Å². The van der Waals surface area contributed by atoms with Crippen molar-refractivity contribution in [3.63, 3.8) is 0 Å². The summed E-state index contributed by atoms with van der Waals surface area (Å²) in [6, 6.07) is 0. The van der Waals surface area contributed by atoms with Crippen LogP contribution in [0.2, 0.25) is 0 Å². The quantitative estimate of drug-likeness (QED) is 0.648. The predicted octanol–water partition coefficient (Wildman–Crippen LogP) is 5.04. The number of allylic oxidation sites excluding steroid dienone is 3. The van der Waals surface area contributed by atoms with Crippen LogP contribution in [-0.4, -0.2) is 11.8 Å². The third-order valence-corrected chi connectivity index (χ3v) is 3.34. The van der Waals surface area contributed by atoms with Gasteiger partial charge in [-0.25, -0.2) is 0 Å². The van der Waals surface area contributed by atoms with E-state index in [1.807, 2.05) is 0 Å². The van der Waals surface area contributed by atoms with Crippen LogP contribution in [0, 0.1) is 17.3 Å². The summed E-state index contributed by atoms with van der Waals surface area (Å²) in [5.74, 6) is 1.10. The fourth-order valence-corrected chi connectivity index (χ4v) is 2.36. The van der Waals surface area contributed by atoms with Crippen LogP contribution in [0.5, 0.6) is 0 Å². The zero-order chi connectivity index (χ0) is 14.1. The molecule has 0 aromatic carbocycles. The first kappa shape index (κ1) is 15.2. The minimum atomic E-state index is -0.106. The van der Waals surface area contributed by atoms with Gasteiger partial charge in [0, 0.05) is 11.6 Å². The first-order valence-electron chi connectivity index (χ1n) is 7.06. The minimum absolute atomic E-state index is 0.0330. The van der Waals surface area contributed by atoms with E-state index in [1.165, 1.54) is 11.1 Å². The Morgan fingerprint density at radius 2 is 1.28 bits per heavy atom. The fraction of sp³-hybridized carbons (Fsp3) is 0.706. The highest BCUT2D eigenvalue weighted by Gasteiger charge is 2.25. The van der Waals surface area contributed by atoms with Gasteiger partial charge in [-0.05, 0) is 36.8 Å². The average molecular weight is 247 g/mol. The van der Waals surface area contributed by atoms with Crippen molar-refractivity contribution in [3.8, 4) is 0 Å². The highest BCUT2D eigenvalue weighted by Crippen LogP contribution is 2.34. The van der Waals surface area contributed by atoms with Crippen molar-refractivity contribution in [1.82, 2.24) is 0 Å². The molecule has 1 rings (SSSR count). The Hall–Kier alpha value is -0.850. The molecular formula is C17H29N. The van der Waals surface area contributed by atoms with E-state index in [-0.39, 0.29) is 11.0 Å². The zero-order valence-electron chi connectivity index (χ0n) is 13.3. The van der Waals surface area contributed by atoms with Crippen LogP contribution in [0.1, 0.15) is 55.4 Å². The second-order valence-corrected chi connectivity index (χ2v) is 7.24. The van der Waals surface area contributed by atoms with Crippen LogP contribution in [0.15, 0.2) is 28.3 Å². The average Bonchev–Trinajstić information content (AvgIpc) is 2.19. The molecule has 0 aromatic heterocycles. The van der Waals surface area contributed by atoms with E-state index >= 15 is 0 Å². The van der Waals surface area contributed by atoms with Crippen LogP contribution in [0.25, 0.3) is 0 Å². The highest BCUT2D eigenvalue weighted by molar-refractivity contribution is 5.69. The van der Waals surface area contributed by atoms with Crippen LogP contribution in [0.3, 0.4) is 0 Å². The van der Waals surface area contributed by atoms with Crippen molar-refractivity contribution in [2.24, 2.45) is 22.2 Å². The summed E-state index contributed by atoms with van der Waals surface area (Å²) >= 11 is 0. The van der Waals surface area contributed by atoms with Gasteiger partial charge in [0.1, 0.15) is 0 Å². The first-order chi connectivity index (χ1) is 8.04. The highest BCUT2D eigenvalue weighted by atomic mass is 14.8. The van der Waals surface area contributed by atoms with Crippen LogP contribution in [-0.2, 0) is 0 Å². The van der Waals surface area contributed by atoms with Gasteiger partial charge in [-0.3, -0.25) is 4.99 Å². The van der Waals surface area contributed by atoms with Gasteiger partial charge >= 0.3 is 0 Å². The Labute approximate surface area is 113 Å². The molecule has 0 aromatic rings. The number of rotatable bonds is 2. The Kier molecular flexibility index (Phi) is 4.25. The lowest BCUT2D eigenvalue weighted by atomic mass is 9.79. The molecule has 1 nitrogen and oxygen atoms in total. The summed E-state index contributed by atoms with van der Waals surface area (Å²) in [5, 5.41) is 0. The molecule has 0 spiro atoms. The second-order valence-electron chi connectivity index (χ2n) is 7.24. The first-order valence-corrected chi connectivity index (χ1v) is 7.06. The van der Waals surface area contributed by atoms with Gasteiger partial charge in [-0.15, -0.1) is 0 Å². The number of aliphatic imine (C=N–C) groups is 1. The van der Waals surface area contributed by atoms with E-state index in [4.69, 9.17) is 4.99 Å². The maximum absolute atomic E-state index is 4.75. The third kappa shape index (κ3) is 3.83. The van der Waals surface area contributed by atoms with Gasteiger partial charge in [0.05, 0.1) is 5.54 Å². The Balaban J connectivity index is 3.45. The summed E-state index contributed by atoms with van der Waals surface area (Å²) in [6.07, 6.45) is 6.83. The minimum Gasteiger partial charge on any atom is -0.286 e. The van der Waals surface area contributed by atoms with E-state index in [9.17, 15) is 0 Å². The van der Waals surface area contributed by atoms with Gasteiger partial charge < -0.3 is 0 Å². The molecule has 1 aliphatic rings. The maximum atomic E-state index is 4.75. The number of hydrogen-bond donors (Lipinski definition) is 0. The van der Waals surface area contributed by atoms with Gasteiger partial charge in [0.15, 0.2) is 0 Å². The topological polar surface area (TPSA) is 12.4 Å². The molecule has 102 valence electrons. The van der Waals surface area contributed by atoms with E-state index in [0.717, 1.165) is 0 Å². The van der Waals surface area contributed by atoms with Crippen molar-refractivity contribution in [1.29, 1.82) is 0 Å². The van der Waals surface area contributed by atoms with Crippen molar-refractivity contribution in [2.75, 3.05) is 0 Å². The predicted molar refractivity (Wildman–Crippen MR) is 82.2 cm³/mol. The Bertz CT molecular complexity index is 352. The van der Waals surface area contributed by atoms with Gasteiger partial charge in [-0.2, -0.15) is 0 Å². The molecule has 0 saturated carbocycles. The normalized spacial score (nSPS) is 28.3. The van der Waals surface area contributed by atoms with E-state index in [1.54, 1.807) is 0 Å². The van der Waals surface area contributed by atoms with Crippen LogP contribution in [0.4, 0.5) is 0 Å². The molecule has 1 heterocycles. The summed E-state index contributed by atoms with van der Waals surface area (Å²) in [7, 11) is 0. The lowest BCUT2D eigenvalue weighted by Crippen LogP contribution is -2.24. The Morgan fingerprint density at radius 1 is 0.833 bits per heavy atom. The SMILES string of the molecule is CC(C)C1=C/C(C)(C)C=NC(C)(C)/C=C\1C(C)C. The molecule has 0 bridgehead atoms. The molecule has 0 N–H and O–H groups in total. The summed E-state index contributed by atoms with van der Waals surface area (Å²) < 4.78 is 0. The van der Waals surface area contributed by atoms with Crippen molar-refractivity contribution >= 4 is 6.21 Å². The standard InChI is InChI=1S/C17H29N/c1-12(2)14-9-16(5,6)11-18-17(7,8)10-15(14)13(3)4/h9-13H,1-8H3/b14-9-,15-10-,18-11?. The molecule has 1 aliphatic heterocycles. The van der Waals surface area contributed by atoms with Crippen molar-refractivity contribution in [3.05, 3.63) is 23.3 Å². The summed E-state index contributed by atoms with van der Waals surface area (Å²) in [6.45, 7) is 18.0. The smallest absolute Gasteiger partial charge is 0.0733 e. The number of nitrogens with zero attached hydrogens (tertiary/aromatic N) is 1. The molecule has 0 unspecified atom stereocenters. The molecule has 1 heteroatoms. The fourth-order valence-electron chi connectivity index (χ4n) is 2.36. The summed E-state index contributed by atoms with van der Waals surface area (Å²) in [4.78, 5) is 4.75. The molecule has 0 radical (unpaired) electrons. The lowest BCUT2D eigenvalue weighted by Gasteiger charge is -2.30. The zero-order valence-corrected chi connectivity index (χ0v) is 13.3. The largest absolute Gasteiger partial charge is 0.286 e. The van der Waals surface area contributed by atoms with E-state index < -0.39 is 0 Å². The molecule has 0 fully saturated rings. The molecule has 18 heavy (non-hydrogen) atoms. The van der Waals surface area contributed by atoms with Crippen molar-refractivity contribution < 1.29 is 0 Å².